The van der Waals surface area contributed by atoms with Gasteiger partial charge >= 0.3 is 12.2 Å². The van der Waals surface area contributed by atoms with Crippen LogP contribution in [0, 0.1) is 13.8 Å². The van der Waals surface area contributed by atoms with Crippen molar-refractivity contribution in [3.8, 4) is 5.69 Å². The molecule has 0 unspecified atom stereocenters. The number of nitrogens with one attached hydrogen (secondary N) is 2. The first-order valence-corrected chi connectivity index (χ1v) is 9.99. The van der Waals surface area contributed by atoms with Gasteiger partial charge in [-0.1, -0.05) is 24.3 Å². The molecule has 0 saturated heterocycles. The van der Waals surface area contributed by atoms with E-state index in [1.54, 1.807) is 56.3 Å². The summed E-state index contributed by atoms with van der Waals surface area (Å²) < 4.78 is 40.9. The fraction of sp³-hybridized carbons (Fsp3) is 0.125. The summed E-state index contributed by atoms with van der Waals surface area (Å²) in [6, 6.07) is 15.9. The zero-order valence-electron chi connectivity index (χ0n) is 17.7. The lowest BCUT2D eigenvalue weighted by Gasteiger charge is -2.16. The molecule has 1 heterocycles. The van der Waals surface area contributed by atoms with Crippen LogP contribution in [0.2, 0.25) is 0 Å². The van der Waals surface area contributed by atoms with Crippen molar-refractivity contribution in [3.05, 3.63) is 94.0 Å². The lowest BCUT2D eigenvalue weighted by atomic mass is 10.1. The maximum Gasteiger partial charge on any atom is 0.418 e. The van der Waals surface area contributed by atoms with Gasteiger partial charge in [-0.2, -0.15) is 13.2 Å². The molecule has 0 aliphatic heterocycles. The third-order valence-electron chi connectivity index (χ3n) is 5.14. The minimum atomic E-state index is -4.60. The van der Waals surface area contributed by atoms with E-state index in [9.17, 15) is 22.8 Å². The quantitative estimate of drug-likeness (QED) is 0.421. The Hall–Kier alpha value is -4.14. The van der Waals surface area contributed by atoms with Crippen LogP contribution >= 0.6 is 0 Å². The Kier molecular flexibility index (Phi) is 5.63. The molecule has 2 amide bonds. The number of anilines is 2. The second-order valence-corrected chi connectivity index (χ2v) is 7.44. The van der Waals surface area contributed by atoms with Gasteiger partial charge in [-0.15, -0.1) is 0 Å². The molecule has 4 aromatic rings. The predicted octanol–water partition coefficient (Wildman–Crippen LogP) is 5.67. The fourth-order valence-corrected chi connectivity index (χ4v) is 3.59. The molecule has 0 saturated carbocycles. The summed E-state index contributed by atoms with van der Waals surface area (Å²) >= 11 is 0. The van der Waals surface area contributed by atoms with Gasteiger partial charge < -0.3 is 10.6 Å². The average molecular weight is 452 g/mol. The number of rotatable bonds is 3. The highest BCUT2D eigenvalue weighted by Crippen LogP contribution is 2.34. The smallest absolute Gasteiger partial charge is 0.307 e. The van der Waals surface area contributed by atoms with E-state index in [2.05, 4.69) is 15.6 Å². The van der Waals surface area contributed by atoms with Crippen LogP contribution in [0.25, 0.3) is 16.6 Å². The largest absolute Gasteiger partial charge is 0.418 e. The van der Waals surface area contributed by atoms with E-state index in [1.807, 2.05) is 0 Å². The number of alkyl halides is 3. The van der Waals surface area contributed by atoms with Gasteiger partial charge in [-0.3, -0.25) is 9.36 Å². The number of aromatic nitrogens is 2. The van der Waals surface area contributed by atoms with E-state index in [0.29, 0.717) is 33.7 Å². The fourth-order valence-electron chi connectivity index (χ4n) is 3.59. The maximum absolute atomic E-state index is 13.2. The van der Waals surface area contributed by atoms with Gasteiger partial charge in [0.2, 0.25) is 0 Å². The SMILES string of the molecule is Cc1cc(-n2c(C)nc3ccccc3c2=O)ccc1NC(=O)Nc1ccccc1C(F)(F)F. The standard InChI is InChI=1S/C24H19F3N4O2/c1-14-13-16(31-15(2)28-20-9-5-3-7-17(20)22(31)32)11-12-19(14)29-23(33)30-21-10-6-4-8-18(21)24(25,26)27/h3-13H,1-2H3,(H2,29,30,33). The molecule has 0 aliphatic rings. The van der Waals surface area contributed by atoms with E-state index in [-0.39, 0.29) is 11.2 Å². The van der Waals surface area contributed by atoms with Gasteiger partial charge in [0.15, 0.2) is 0 Å². The van der Waals surface area contributed by atoms with Crippen molar-refractivity contribution in [2.75, 3.05) is 10.6 Å². The number of aryl methyl sites for hydroxylation is 2. The van der Waals surface area contributed by atoms with Crippen molar-refractivity contribution in [1.82, 2.24) is 9.55 Å². The molecule has 3 aromatic carbocycles. The minimum Gasteiger partial charge on any atom is -0.307 e. The molecule has 2 N–H and O–H groups in total. The Morgan fingerprint density at radius 1 is 0.909 bits per heavy atom. The highest BCUT2D eigenvalue weighted by molar-refractivity contribution is 6.00. The summed E-state index contributed by atoms with van der Waals surface area (Å²) in [6.45, 7) is 3.44. The van der Waals surface area contributed by atoms with E-state index in [0.717, 1.165) is 6.07 Å². The van der Waals surface area contributed by atoms with Crippen LogP contribution in [0.3, 0.4) is 0 Å². The molecule has 4 rings (SSSR count). The number of carbonyl (C=O) groups is 1. The van der Waals surface area contributed by atoms with Crippen LogP contribution < -0.4 is 16.2 Å². The Morgan fingerprint density at radius 2 is 1.58 bits per heavy atom. The third kappa shape index (κ3) is 4.43. The molecule has 0 radical (unpaired) electrons. The van der Waals surface area contributed by atoms with Gasteiger partial charge in [-0.25, -0.2) is 9.78 Å². The number of halogens is 3. The van der Waals surface area contributed by atoms with Crippen LogP contribution in [0.4, 0.5) is 29.3 Å². The molecule has 0 bridgehead atoms. The first-order valence-electron chi connectivity index (χ1n) is 9.99. The van der Waals surface area contributed by atoms with Gasteiger partial charge in [-0.05, 0) is 61.9 Å². The van der Waals surface area contributed by atoms with Crippen LogP contribution in [0.15, 0.2) is 71.5 Å². The zero-order valence-corrected chi connectivity index (χ0v) is 17.7. The molecular formula is C24H19F3N4O2. The Morgan fingerprint density at radius 3 is 2.30 bits per heavy atom. The predicted molar refractivity (Wildman–Crippen MR) is 121 cm³/mol. The molecule has 6 nitrogen and oxygen atoms in total. The van der Waals surface area contributed by atoms with Crippen LogP contribution in [0.1, 0.15) is 17.0 Å². The van der Waals surface area contributed by atoms with E-state index in [4.69, 9.17) is 0 Å². The number of carbonyl (C=O) groups excluding carboxylic acids is 1. The summed E-state index contributed by atoms with van der Waals surface area (Å²) in [5.74, 6) is 0.500. The molecule has 9 heteroatoms. The second kappa shape index (κ2) is 8.42. The van der Waals surface area contributed by atoms with Crippen LogP contribution in [-0.4, -0.2) is 15.6 Å². The first kappa shape index (κ1) is 22.1. The van der Waals surface area contributed by atoms with Crippen molar-refractivity contribution in [2.45, 2.75) is 20.0 Å². The summed E-state index contributed by atoms with van der Waals surface area (Å²) in [5, 5.41) is 5.27. The molecular weight excluding hydrogens is 433 g/mol. The summed E-state index contributed by atoms with van der Waals surface area (Å²) in [4.78, 5) is 29.8. The molecule has 0 fully saturated rings. The van der Waals surface area contributed by atoms with Crippen LogP contribution in [-0.2, 0) is 6.18 Å². The summed E-state index contributed by atoms with van der Waals surface area (Å²) in [6.07, 6.45) is -4.60. The number of hydrogen-bond acceptors (Lipinski definition) is 3. The van der Waals surface area contributed by atoms with Crippen molar-refractivity contribution in [3.63, 3.8) is 0 Å². The maximum atomic E-state index is 13.2. The molecule has 0 spiro atoms. The molecule has 0 aliphatic carbocycles. The normalized spacial score (nSPS) is 11.4. The minimum absolute atomic E-state index is 0.222. The first-order chi connectivity index (χ1) is 15.6. The Balaban J connectivity index is 1.61. The van der Waals surface area contributed by atoms with E-state index in [1.165, 1.54) is 22.8 Å². The van der Waals surface area contributed by atoms with Crippen molar-refractivity contribution >= 4 is 28.3 Å². The number of urea groups is 1. The summed E-state index contributed by atoms with van der Waals surface area (Å²) in [7, 11) is 0. The highest BCUT2D eigenvalue weighted by Gasteiger charge is 2.33. The van der Waals surface area contributed by atoms with Gasteiger partial charge in [0, 0.05) is 5.69 Å². The monoisotopic (exact) mass is 452 g/mol. The topological polar surface area (TPSA) is 76.0 Å². The number of fused-ring (bicyclic) bond motifs is 1. The molecule has 1 aromatic heterocycles. The number of para-hydroxylation sites is 2. The van der Waals surface area contributed by atoms with Crippen LogP contribution in [0.5, 0.6) is 0 Å². The molecule has 33 heavy (non-hydrogen) atoms. The van der Waals surface area contributed by atoms with Crippen molar-refractivity contribution in [1.29, 1.82) is 0 Å². The Labute approximate surface area is 186 Å². The third-order valence-corrected chi connectivity index (χ3v) is 5.14. The molecule has 168 valence electrons. The molecule has 0 atom stereocenters. The van der Waals surface area contributed by atoms with Gasteiger partial charge in [0.1, 0.15) is 5.82 Å². The lowest BCUT2D eigenvalue weighted by molar-refractivity contribution is -0.136. The van der Waals surface area contributed by atoms with Crippen molar-refractivity contribution < 1.29 is 18.0 Å². The number of benzene rings is 3. The second-order valence-electron chi connectivity index (χ2n) is 7.44. The van der Waals surface area contributed by atoms with Gasteiger partial charge in [0.25, 0.3) is 5.56 Å². The number of nitrogens with zero attached hydrogens (tertiary/aromatic N) is 2. The van der Waals surface area contributed by atoms with E-state index < -0.39 is 17.8 Å². The number of hydrogen-bond donors (Lipinski definition) is 2. The highest BCUT2D eigenvalue weighted by atomic mass is 19.4. The lowest BCUT2D eigenvalue weighted by Crippen LogP contribution is -2.23. The van der Waals surface area contributed by atoms with Crippen molar-refractivity contribution in [2.24, 2.45) is 0 Å². The van der Waals surface area contributed by atoms with E-state index >= 15 is 0 Å². The average Bonchev–Trinajstić information content (AvgIpc) is 2.75. The summed E-state index contributed by atoms with van der Waals surface area (Å²) in [5.41, 5.74) is 0.655. The Bertz CT molecular complexity index is 1430. The van der Waals surface area contributed by atoms with Gasteiger partial charge in [0.05, 0.1) is 27.8 Å². The zero-order chi connectivity index (χ0) is 23.8. The number of amides is 2.